The van der Waals surface area contributed by atoms with E-state index in [4.69, 9.17) is 9.47 Å². The number of rotatable bonds is 6. The first-order valence-electron chi connectivity index (χ1n) is 6.56. The van der Waals surface area contributed by atoms with Crippen LogP contribution in [0.1, 0.15) is 15.9 Å². The summed E-state index contributed by atoms with van der Waals surface area (Å²) in [5.41, 5.74) is 1.60. The number of halogens is 1. The zero-order valence-electron chi connectivity index (χ0n) is 12.0. The Morgan fingerprint density at radius 1 is 1.05 bits per heavy atom. The van der Waals surface area contributed by atoms with Crippen LogP contribution in [0.3, 0.4) is 0 Å². The predicted octanol–water partition coefficient (Wildman–Crippen LogP) is 3.86. The van der Waals surface area contributed by atoms with E-state index in [1.165, 1.54) is 7.11 Å². The highest BCUT2D eigenvalue weighted by atomic mass is 79.9. The molecule has 2 rings (SSSR count). The Hall–Kier alpha value is -1.65. The van der Waals surface area contributed by atoms with Crippen molar-refractivity contribution in [1.29, 1.82) is 0 Å². The third-order valence-corrected chi connectivity index (χ3v) is 4.25. The number of methoxy groups -OCH3 is 2. The molecule has 3 nitrogen and oxygen atoms in total. The number of alkyl halides is 1. The van der Waals surface area contributed by atoms with Crippen LogP contribution < -0.4 is 4.74 Å². The van der Waals surface area contributed by atoms with E-state index in [2.05, 4.69) is 15.9 Å². The van der Waals surface area contributed by atoms with Crippen molar-refractivity contribution in [2.24, 2.45) is 0 Å². The first-order chi connectivity index (χ1) is 10.1. The molecule has 110 valence electrons. The SMILES string of the molecule is COc1ccc(C(=O)C(Br)(Cc2ccccc2)OC)cc1. The smallest absolute Gasteiger partial charge is 0.205 e. The van der Waals surface area contributed by atoms with Crippen LogP contribution in [0.5, 0.6) is 5.75 Å². The Bertz CT molecular complexity index is 595. The summed E-state index contributed by atoms with van der Waals surface area (Å²) in [6.45, 7) is 0. The molecule has 0 bridgehead atoms. The van der Waals surface area contributed by atoms with Crippen molar-refractivity contribution < 1.29 is 14.3 Å². The van der Waals surface area contributed by atoms with Crippen molar-refractivity contribution in [1.82, 2.24) is 0 Å². The molecule has 0 radical (unpaired) electrons. The van der Waals surface area contributed by atoms with Gasteiger partial charge in [-0.3, -0.25) is 4.79 Å². The molecule has 21 heavy (non-hydrogen) atoms. The molecule has 0 saturated heterocycles. The van der Waals surface area contributed by atoms with Gasteiger partial charge >= 0.3 is 0 Å². The number of Topliss-reactive ketones (excluding diaryl/α,β-unsaturated/α-hetero) is 1. The summed E-state index contributed by atoms with van der Waals surface area (Å²) in [5, 5.41) is 0. The summed E-state index contributed by atoms with van der Waals surface area (Å²) in [4.78, 5) is 12.7. The fourth-order valence-corrected chi connectivity index (χ4v) is 2.61. The molecule has 0 saturated carbocycles. The molecule has 0 amide bonds. The molecule has 0 N–H and O–H groups in total. The van der Waals surface area contributed by atoms with Gasteiger partial charge in [0, 0.05) is 19.1 Å². The van der Waals surface area contributed by atoms with Crippen LogP contribution in [-0.4, -0.2) is 24.5 Å². The molecule has 0 aromatic heterocycles. The van der Waals surface area contributed by atoms with Crippen LogP contribution in [0.25, 0.3) is 0 Å². The van der Waals surface area contributed by atoms with Crippen LogP contribution in [-0.2, 0) is 11.2 Å². The van der Waals surface area contributed by atoms with E-state index in [1.807, 2.05) is 30.3 Å². The third kappa shape index (κ3) is 3.71. The first kappa shape index (κ1) is 15.7. The van der Waals surface area contributed by atoms with Crippen LogP contribution in [0, 0.1) is 0 Å². The minimum Gasteiger partial charge on any atom is -0.497 e. The van der Waals surface area contributed by atoms with E-state index < -0.39 is 4.51 Å². The van der Waals surface area contributed by atoms with Crippen molar-refractivity contribution in [3.05, 3.63) is 65.7 Å². The topological polar surface area (TPSA) is 35.5 Å². The highest BCUT2D eigenvalue weighted by molar-refractivity contribution is 9.10. The lowest BCUT2D eigenvalue weighted by atomic mass is 9.99. The summed E-state index contributed by atoms with van der Waals surface area (Å²) in [5.74, 6) is 0.601. The molecule has 2 aromatic carbocycles. The fraction of sp³-hybridized carbons (Fsp3) is 0.235. The second kappa shape index (κ2) is 6.87. The number of ketones is 1. The van der Waals surface area contributed by atoms with Crippen LogP contribution >= 0.6 is 15.9 Å². The van der Waals surface area contributed by atoms with E-state index in [0.29, 0.717) is 17.7 Å². The zero-order valence-corrected chi connectivity index (χ0v) is 13.6. The molecule has 0 aliphatic rings. The van der Waals surface area contributed by atoms with Gasteiger partial charge in [-0.1, -0.05) is 30.3 Å². The molecular formula is C17H17BrO3. The maximum atomic E-state index is 12.7. The standard InChI is InChI=1S/C17H17BrO3/c1-20-15-10-8-14(9-11-15)16(19)17(18,21-2)12-13-6-4-3-5-7-13/h3-11H,12H2,1-2H3. The van der Waals surface area contributed by atoms with Gasteiger partial charge in [-0.15, -0.1) is 0 Å². The second-order valence-corrected chi connectivity index (χ2v) is 5.93. The van der Waals surface area contributed by atoms with E-state index in [9.17, 15) is 4.79 Å². The molecule has 0 spiro atoms. The lowest BCUT2D eigenvalue weighted by molar-refractivity contribution is 0.0508. The lowest BCUT2D eigenvalue weighted by Crippen LogP contribution is -2.36. The molecule has 0 aliphatic heterocycles. The highest BCUT2D eigenvalue weighted by Crippen LogP contribution is 2.29. The summed E-state index contributed by atoms with van der Waals surface area (Å²) < 4.78 is 9.49. The molecule has 2 aromatic rings. The first-order valence-corrected chi connectivity index (χ1v) is 7.35. The third-order valence-electron chi connectivity index (χ3n) is 3.29. The van der Waals surface area contributed by atoms with Gasteiger partial charge in [0.05, 0.1) is 7.11 Å². The van der Waals surface area contributed by atoms with Crippen LogP contribution in [0.4, 0.5) is 0 Å². The summed E-state index contributed by atoms with van der Waals surface area (Å²) >= 11 is 3.46. The Morgan fingerprint density at radius 3 is 2.19 bits per heavy atom. The fourth-order valence-electron chi connectivity index (χ4n) is 2.06. The van der Waals surface area contributed by atoms with Crippen LogP contribution in [0.15, 0.2) is 54.6 Å². The molecule has 0 aliphatic carbocycles. The monoisotopic (exact) mass is 348 g/mol. The van der Waals surface area contributed by atoms with Gasteiger partial charge < -0.3 is 9.47 Å². The number of benzene rings is 2. The van der Waals surface area contributed by atoms with Crippen LogP contribution in [0.2, 0.25) is 0 Å². The van der Waals surface area contributed by atoms with Crippen molar-refractivity contribution in [2.75, 3.05) is 14.2 Å². The Balaban J connectivity index is 2.23. The van der Waals surface area contributed by atoms with Gasteiger partial charge in [0.2, 0.25) is 5.78 Å². The van der Waals surface area contributed by atoms with E-state index in [-0.39, 0.29) is 5.78 Å². The highest BCUT2D eigenvalue weighted by Gasteiger charge is 2.36. The second-order valence-electron chi connectivity index (χ2n) is 4.65. The molecular weight excluding hydrogens is 332 g/mol. The van der Waals surface area contributed by atoms with Gasteiger partial charge in [-0.25, -0.2) is 0 Å². The number of ether oxygens (including phenoxy) is 2. The average molecular weight is 349 g/mol. The average Bonchev–Trinajstić information content (AvgIpc) is 2.55. The van der Waals surface area contributed by atoms with Crippen molar-refractivity contribution in [2.45, 2.75) is 10.9 Å². The lowest BCUT2D eigenvalue weighted by Gasteiger charge is -2.24. The number of carbonyl (C=O) groups is 1. The molecule has 0 heterocycles. The van der Waals surface area contributed by atoms with Gasteiger partial charge in [0.25, 0.3) is 0 Å². The van der Waals surface area contributed by atoms with Crippen molar-refractivity contribution in [3.63, 3.8) is 0 Å². The number of hydrogen-bond donors (Lipinski definition) is 0. The van der Waals surface area contributed by atoms with Crippen molar-refractivity contribution in [3.8, 4) is 5.75 Å². The largest absolute Gasteiger partial charge is 0.497 e. The van der Waals surface area contributed by atoms with E-state index in [1.54, 1.807) is 31.4 Å². The zero-order chi connectivity index (χ0) is 15.3. The quantitative estimate of drug-likeness (QED) is 0.587. The van der Waals surface area contributed by atoms with Gasteiger partial charge in [0.1, 0.15) is 5.75 Å². The van der Waals surface area contributed by atoms with Gasteiger partial charge in [-0.2, -0.15) is 0 Å². The van der Waals surface area contributed by atoms with E-state index >= 15 is 0 Å². The van der Waals surface area contributed by atoms with Gasteiger partial charge in [-0.05, 0) is 45.8 Å². The van der Waals surface area contributed by atoms with Crippen molar-refractivity contribution >= 4 is 21.7 Å². The number of hydrogen-bond acceptors (Lipinski definition) is 3. The summed E-state index contributed by atoms with van der Waals surface area (Å²) in [6, 6.07) is 16.8. The maximum absolute atomic E-state index is 12.7. The maximum Gasteiger partial charge on any atom is 0.205 e. The normalized spacial score (nSPS) is 13.5. The summed E-state index contributed by atoms with van der Waals surface area (Å²) in [6.07, 6.45) is 0.454. The summed E-state index contributed by atoms with van der Waals surface area (Å²) in [7, 11) is 3.12. The molecule has 0 fully saturated rings. The Kier molecular flexibility index (Phi) is 5.15. The minimum atomic E-state index is -1.07. The van der Waals surface area contributed by atoms with E-state index in [0.717, 1.165) is 5.56 Å². The Labute approximate surface area is 133 Å². The molecule has 1 unspecified atom stereocenters. The minimum absolute atomic E-state index is 0.114. The Morgan fingerprint density at radius 2 is 1.67 bits per heavy atom. The number of carbonyl (C=O) groups excluding carboxylic acids is 1. The van der Waals surface area contributed by atoms with Gasteiger partial charge in [0.15, 0.2) is 4.51 Å². The molecule has 4 heteroatoms. The predicted molar refractivity (Wildman–Crippen MR) is 86.1 cm³/mol. The molecule has 1 atom stereocenters.